The number of phosphoric acid groups is 1. The van der Waals surface area contributed by atoms with Gasteiger partial charge in [-0.3, -0.25) is 28.0 Å². The van der Waals surface area contributed by atoms with E-state index in [0.717, 1.165) is 21.9 Å². The van der Waals surface area contributed by atoms with E-state index >= 15 is 0 Å². The zero-order valence-corrected chi connectivity index (χ0v) is 24.3. The molecule has 2 saturated heterocycles. The van der Waals surface area contributed by atoms with Gasteiger partial charge in [0.05, 0.1) is 19.5 Å². The van der Waals surface area contributed by atoms with Crippen molar-refractivity contribution < 1.29 is 57.3 Å². The normalized spacial score (nSPS) is 30.7. The van der Waals surface area contributed by atoms with Crippen LogP contribution < -0.4 is 17.0 Å². The minimum Gasteiger partial charge on any atom is -0.394 e. The molecule has 24 nitrogen and oxygen atoms in total. The number of nitrogens with one attached hydrogen (secondary N) is 1. The first kappa shape index (κ1) is 31.5. The van der Waals surface area contributed by atoms with E-state index < -0.39 is 83.9 Å². The number of fused-ring (bicyclic) bond motifs is 2. The summed E-state index contributed by atoms with van der Waals surface area (Å²) in [6.07, 6.45) is -10.2. The van der Waals surface area contributed by atoms with Crippen molar-refractivity contribution in [3.63, 3.8) is 0 Å². The maximum atomic E-state index is 13.1. The van der Waals surface area contributed by atoms with Crippen LogP contribution in [0.5, 0.6) is 0 Å². The molecule has 0 spiro atoms. The standard InChI is InChI=1S/C19H25N11O13P2/c20-13-7-14(23-3-22-13)30(28-27-7)17-10(33)11(42-44(35)36)6(41-17)2-39-45(37,38)43-12-9(32)5(1-31)40-18(12)29-4-24-8-15(29)25-19(21)26-16(8)34/h3-6,9-12,17-18,31-33,44H,1-2H2,(H,35,36)(H,37,38)(H2,20,22,23)(H3,21,25,26,34)/t5-,6-,9-,10-,11-,12-,17-,18-/m1/s1. The van der Waals surface area contributed by atoms with Crippen molar-refractivity contribution in [1.29, 1.82) is 0 Å². The van der Waals surface area contributed by atoms with Gasteiger partial charge in [0.1, 0.15) is 43.0 Å². The first-order valence-electron chi connectivity index (χ1n) is 12.8. The van der Waals surface area contributed by atoms with Crippen LogP contribution in [0.25, 0.3) is 22.3 Å². The van der Waals surface area contributed by atoms with Crippen molar-refractivity contribution in [2.75, 3.05) is 24.7 Å². The number of aliphatic hydroxyl groups excluding tert-OH is 3. The summed E-state index contributed by atoms with van der Waals surface area (Å²) in [5, 5.41) is 39.0. The van der Waals surface area contributed by atoms with Gasteiger partial charge in [-0.1, -0.05) is 5.21 Å². The fourth-order valence-corrected chi connectivity index (χ4v) is 6.41. The van der Waals surface area contributed by atoms with Gasteiger partial charge in [0.15, 0.2) is 40.6 Å². The fraction of sp³-hybridized carbons (Fsp3) is 0.526. The number of nitrogen functional groups attached to an aromatic ring is 2. The van der Waals surface area contributed by atoms with E-state index in [0.29, 0.717) is 0 Å². The molecule has 26 heteroatoms. The lowest BCUT2D eigenvalue weighted by Gasteiger charge is -2.25. The van der Waals surface area contributed by atoms with Crippen molar-refractivity contribution >= 4 is 50.2 Å². The highest BCUT2D eigenvalue weighted by atomic mass is 31.2. The molecule has 2 aliphatic heterocycles. The summed E-state index contributed by atoms with van der Waals surface area (Å²) < 4.78 is 53.4. The van der Waals surface area contributed by atoms with Crippen molar-refractivity contribution in [2.45, 2.75) is 49.1 Å². The highest BCUT2D eigenvalue weighted by Gasteiger charge is 2.51. The molecular weight excluding hydrogens is 652 g/mol. The number of rotatable bonds is 10. The molecule has 0 aliphatic carbocycles. The summed E-state index contributed by atoms with van der Waals surface area (Å²) in [5.74, 6) is -0.311. The van der Waals surface area contributed by atoms with Gasteiger partial charge >= 0.3 is 16.1 Å². The van der Waals surface area contributed by atoms with Crippen LogP contribution >= 0.6 is 16.1 Å². The second-order valence-electron chi connectivity index (χ2n) is 9.72. The number of nitrogens with zero attached hydrogens (tertiary/aromatic N) is 8. The first-order chi connectivity index (χ1) is 21.4. The van der Waals surface area contributed by atoms with Gasteiger partial charge in [-0.05, 0) is 0 Å². The minimum atomic E-state index is -5.18. The summed E-state index contributed by atoms with van der Waals surface area (Å²) in [4.78, 5) is 50.2. The Labute approximate surface area is 249 Å². The van der Waals surface area contributed by atoms with Crippen LogP contribution in [-0.2, 0) is 32.2 Å². The minimum absolute atomic E-state index is 0.0280. The molecule has 10 atom stereocenters. The Hall–Kier alpha value is -3.51. The maximum absolute atomic E-state index is 13.1. The van der Waals surface area contributed by atoms with E-state index in [-0.39, 0.29) is 34.1 Å². The van der Waals surface area contributed by atoms with Gasteiger partial charge in [0, 0.05) is 0 Å². The average Bonchev–Trinajstić information content (AvgIpc) is 3.73. The number of hydrogen-bond donors (Lipinski definition) is 8. The molecular formula is C19H25N11O13P2. The van der Waals surface area contributed by atoms with Crippen molar-refractivity contribution in [3.8, 4) is 0 Å². The van der Waals surface area contributed by atoms with Gasteiger partial charge in [-0.25, -0.2) is 19.5 Å². The number of aliphatic hydroxyl groups is 3. The van der Waals surface area contributed by atoms with Crippen LogP contribution in [0, 0.1) is 0 Å². The van der Waals surface area contributed by atoms with Gasteiger partial charge in [-0.15, -0.1) is 5.10 Å². The van der Waals surface area contributed by atoms with Crippen LogP contribution in [0.3, 0.4) is 0 Å². The number of nitrogens with two attached hydrogens (primary N) is 2. The largest absolute Gasteiger partial charge is 0.472 e. The van der Waals surface area contributed by atoms with Crippen LogP contribution in [0.2, 0.25) is 0 Å². The molecule has 4 aromatic heterocycles. The lowest BCUT2D eigenvalue weighted by molar-refractivity contribution is -0.0644. The van der Waals surface area contributed by atoms with E-state index in [1.54, 1.807) is 0 Å². The van der Waals surface area contributed by atoms with Gasteiger partial charge in [0.2, 0.25) is 5.95 Å². The van der Waals surface area contributed by atoms with E-state index in [1.165, 1.54) is 0 Å². The monoisotopic (exact) mass is 677 g/mol. The zero-order valence-electron chi connectivity index (χ0n) is 22.4. The molecule has 0 bridgehead atoms. The molecule has 0 radical (unpaired) electrons. The molecule has 2 fully saturated rings. The number of anilines is 2. The Kier molecular flexibility index (Phi) is 8.40. The lowest BCUT2D eigenvalue weighted by Crippen LogP contribution is -2.36. The van der Waals surface area contributed by atoms with Crippen molar-refractivity contribution in [1.82, 2.24) is 44.5 Å². The Morgan fingerprint density at radius 2 is 1.82 bits per heavy atom. The van der Waals surface area contributed by atoms with E-state index in [9.17, 15) is 39.0 Å². The summed E-state index contributed by atoms with van der Waals surface area (Å²) in [7, 11) is -8.87. The molecule has 0 aromatic carbocycles. The third kappa shape index (κ3) is 5.82. The molecule has 244 valence electrons. The summed E-state index contributed by atoms with van der Waals surface area (Å²) >= 11 is 0. The summed E-state index contributed by atoms with van der Waals surface area (Å²) in [6.45, 7) is -1.61. The Balaban J connectivity index is 1.22. The Morgan fingerprint density at radius 1 is 1.07 bits per heavy atom. The number of phosphoric ester groups is 1. The molecule has 2 unspecified atom stereocenters. The molecule has 2 aliphatic rings. The molecule has 0 saturated carbocycles. The van der Waals surface area contributed by atoms with Crippen LogP contribution in [0.1, 0.15) is 12.5 Å². The molecule has 6 rings (SSSR count). The quantitative estimate of drug-likeness (QED) is 0.0748. The number of H-pyrrole nitrogens is 1. The molecule has 0 amide bonds. The highest BCUT2D eigenvalue weighted by molar-refractivity contribution is 7.47. The van der Waals surface area contributed by atoms with E-state index in [2.05, 4.69) is 35.2 Å². The number of imidazole rings is 1. The second-order valence-corrected chi connectivity index (χ2v) is 11.9. The SMILES string of the molecule is Nc1nc2c(ncn2[C@@H]2O[C@H](CO)[C@@H](O)[C@H]2OP(=O)(O)OC[C@H]2O[C@@H](n3nnc4c(N)ncnc43)[C@H](O)[C@@H]2O[PH](=O)O)c(=O)[nH]1. The predicted molar refractivity (Wildman–Crippen MR) is 144 cm³/mol. The van der Waals surface area contributed by atoms with E-state index in [1.807, 2.05) is 0 Å². The Bertz CT molecular complexity index is 1850. The number of aromatic nitrogens is 9. The third-order valence-electron chi connectivity index (χ3n) is 6.95. The van der Waals surface area contributed by atoms with Gasteiger partial charge in [0.25, 0.3) is 5.56 Å². The zero-order chi connectivity index (χ0) is 32.2. The smallest absolute Gasteiger partial charge is 0.394 e. The first-order valence-corrected chi connectivity index (χ1v) is 15.5. The Morgan fingerprint density at radius 3 is 2.56 bits per heavy atom. The predicted octanol–water partition coefficient (Wildman–Crippen LogP) is -3.70. The number of aromatic amines is 1. The number of hydrogen-bond acceptors (Lipinski definition) is 19. The third-order valence-corrected chi connectivity index (χ3v) is 8.41. The molecule has 6 heterocycles. The summed E-state index contributed by atoms with van der Waals surface area (Å²) in [6, 6.07) is 0. The van der Waals surface area contributed by atoms with Crippen molar-refractivity contribution in [3.05, 3.63) is 23.0 Å². The van der Waals surface area contributed by atoms with Crippen LogP contribution in [0.15, 0.2) is 17.4 Å². The number of ether oxygens (including phenoxy) is 2. The maximum Gasteiger partial charge on any atom is 0.472 e. The molecule has 4 aromatic rings. The fourth-order valence-electron chi connectivity index (χ4n) is 4.96. The summed E-state index contributed by atoms with van der Waals surface area (Å²) in [5.41, 5.74) is 10.5. The van der Waals surface area contributed by atoms with Crippen LogP contribution in [-0.4, -0.2) is 119 Å². The highest BCUT2D eigenvalue weighted by Crippen LogP contribution is 2.50. The van der Waals surface area contributed by atoms with E-state index in [4.69, 9.17) is 34.5 Å². The second kappa shape index (κ2) is 12.0. The van der Waals surface area contributed by atoms with Gasteiger partial charge in [-0.2, -0.15) is 9.67 Å². The average molecular weight is 677 g/mol. The van der Waals surface area contributed by atoms with Crippen LogP contribution in [0.4, 0.5) is 11.8 Å². The molecule has 45 heavy (non-hydrogen) atoms. The molecule has 10 N–H and O–H groups in total. The topological polar surface area (TPSA) is 354 Å². The lowest BCUT2D eigenvalue weighted by atomic mass is 10.1. The van der Waals surface area contributed by atoms with Gasteiger partial charge < -0.3 is 50.6 Å². The van der Waals surface area contributed by atoms with Crippen molar-refractivity contribution in [2.24, 2.45) is 0 Å².